The summed E-state index contributed by atoms with van der Waals surface area (Å²) in [4.78, 5) is 28.0. The molecule has 10 nitrogen and oxygen atoms in total. The molecule has 1 fully saturated rings. The number of benzene rings is 2. The molecule has 0 saturated heterocycles. The zero-order valence-electron chi connectivity index (χ0n) is 18.4. The van der Waals surface area contributed by atoms with Crippen molar-refractivity contribution >= 4 is 28.0 Å². The molecule has 1 aliphatic carbocycles. The average molecular weight is 490 g/mol. The van der Waals surface area contributed by atoms with Crippen LogP contribution in [0.15, 0.2) is 47.5 Å². The van der Waals surface area contributed by atoms with E-state index in [0.717, 1.165) is 12.8 Å². The molecule has 11 heteroatoms. The van der Waals surface area contributed by atoms with Crippen LogP contribution in [0.5, 0.6) is 5.75 Å². The molecule has 0 spiro atoms. The van der Waals surface area contributed by atoms with Crippen LogP contribution in [0.2, 0.25) is 0 Å². The molecule has 0 bridgehead atoms. The highest BCUT2D eigenvalue weighted by atomic mass is 32.2. The third kappa shape index (κ3) is 7.03. The Hall–Kier alpha value is -3.44. The lowest BCUT2D eigenvalue weighted by atomic mass is 9.82. The third-order valence-corrected chi connectivity index (χ3v) is 6.47. The van der Waals surface area contributed by atoms with Gasteiger partial charge in [-0.15, -0.1) is 0 Å². The number of hydrogen-bond acceptors (Lipinski definition) is 6. The van der Waals surface area contributed by atoms with Crippen molar-refractivity contribution in [3.63, 3.8) is 0 Å². The molecule has 0 heterocycles. The fraction of sp³-hybridized carbons (Fsp3) is 0.348. The largest absolute Gasteiger partial charge is 0.478 e. The predicted molar refractivity (Wildman–Crippen MR) is 126 cm³/mol. The smallest absolute Gasteiger partial charge is 0.335 e. The van der Waals surface area contributed by atoms with E-state index < -0.39 is 21.8 Å². The van der Waals surface area contributed by atoms with Gasteiger partial charge in [-0.3, -0.25) is 14.3 Å². The summed E-state index contributed by atoms with van der Waals surface area (Å²) in [5.41, 5.74) is 11.7. The van der Waals surface area contributed by atoms with E-state index in [-0.39, 0.29) is 29.0 Å². The van der Waals surface area contributed by atoms with Gasteiger partial charge in [0.2, 0.25) is 0 Å². The van der Waals surface area contributed by atoms with Gasteiger partial charge in [0.1, 0.15) is 11.5 Å². The summed E-state index contributed by atoms with van der Waals surface area (Å²) in [7, 11) is -4.41. The van der Waals surface area contributed by atoms with Crippen LogP contribution in [-0.4, -0.2) is 42.5 Å². The molecule has 0 aromatic heterocycles. The fourth-order valence-electron chi connectivity index (χ4n) is 4.03. The van der Waals surface area contributed by atoms with Crippen molar-refractivity contribution in [2.45, 2.75) is 31.4 Å². The predicted octanol–water partition coefficient (Wildman–Crippen LogP) is 2.42. The van der Waals surface area contributed by atoms with Gasteiger partial charge in [0, 0.05) is 6.54 Å². The van der Waals surface area contributed by atoms with E-state index in [0.29, 0.717) is 42.2 Å². The van der Waals surface area contributed by atoms with E-state index >= 15 is 0 Å². The normalized spacial score (nSPS) is 18.1. The zero-order chi connectivity index (χ0) is 24.9. The Morgan fingerprint density at radius 2 is 1.62 bits per heavy atom. The van der Waals surface area contributed by atoms with Gasteiger partial charge in [0.25, 0.3) is 10.1 Å². The molecule has 0 aliphatic heterocycles. The van der Waals surface area contributed by atoms with Gasteiger partial charge in [-0.25, -0.2) is 4.79 Å². The van der Waals surface area contributed by atoms with Crippen LogP contribution < -0.4 is 16.2 Å². The average Bonchev–Trinajstić information content (AvgIpc) is 2.77. The molecule has 0 radical (unpaired) electrons. The summed E-state index contributed by atoms with van der Waals surface area (Å²) < 4.78 is 37.2. The number of nitrogens with zero attached hydrogens (tertiary/aromatic N) is 1. The molecule has 34 heavy (non-hydrogen) atoms. The first-order chi connectivity index (χ1) is 16.0. The van der Waals surface area contributed by atoms with Gasteiger partial charge >= 0.3 is 11.9 Å². The van der Waals surface area contributed by atoms with E-state index in [9.17, 15) is 23.1 Å². The number of guanidine groups is 1. The highest BCUT2D eigenvalue weighted by Gasteiger charge is 2.27. The molecule has 6 N–H and O–H groups in total. The molecule has 2 aromatic rings. The monoisotopic (exact) mass is 489 g/mol. The van der Waals surface area contributed by atoms with Crippen LogP contribution in [0.25, 0.3) is 11.1 Å². The molecule has 2 aromatic carbocycles. The lowest BCUT2D eigenvalue weighted by Gasteiger charge is -2.26. The summed E-state index contributed by atoms with van der Waals surface area (Å²) in [6, 6.07) is 10.8. The Bertz CT molecular complexity index is 1180. The van der Waals surface area contributed by atoms with Gasteiger partial charge in [0.15, 0.2) is 5.96 Å². The Morgan fingerprint density at radius 1 is 1.00 bits per heavy atom. The van der Waals surface area contributed by atoms with Crippen LogP contribution in [0.1, 0.15) is 41.6 Å². The van der Waals surface area contributed by atoms with Gasteiger partial charge in [-0.05, 0) is 72.6 Å². The molecule has 3 rings (SSSR count). The first kappa shape index (κ1) is 25.2. The van der Waals surface area contributed by atoms with E-state index in [1.165, 1.54) is 12.1 Å². The molecule has 1 saturated carbocycles. The van der Waals surface area contributed by atoms with E-state index in [1.54, 1.807) is 30.3 Å². The molecule has 0 unspecified atom stereocenters. The maximum Gasteiger partial charge on any atom is 0.335 e. The van der Waals surface area contributed by atoms with Gasteiger partial charge < -0.3 is 21.3 Å². The first-order valence-corrected chi connectivity index (χ1v) is 12.3. The van der Waals surface area contributed by atoms with Crippen molar-refractivity contribution < 1.29 is 32.4 Å². The topological polar surface area (TPSA) is 182 Å². The number of carbonyl (C=O) groups is 2. The second kappa shape index (κ2) is 10.7. The molecular weight excluding hydrogens is 462 g/mol. The van der Waals surface area contributed by atoms with Gasteiger partial charge in [-0.2, -0.15) is 8.42 Å². The summed E-state index contributed by atoms with van der Waals surface area (Å²) in [6.45, 7) is 0.560. The van der Waals surface area contributed by atoms with Crippen molar-refractivity contribution in [3.8, 4) is 16.9 Å². The molecule has 182 valence electrons. The second-order valence-electron chi connectivity index (χ2n) is 8.33. The summed E-state index contributed by atoms with van der Waals surface area (Å²) >= 11 is 0. The third-order valence-electron chi connectivity index (χ3n) is 5.79. The quantitative estimate of drug-likeness (QED) is 0.142. The standard InChI is InChI=1S/C23H27N3O7S/c24-23(25)26-12-14-1-3-16(4-2-14)22(29)33-19-8-5-15(6-9-19)17-7-10-20(21(27)28)18(11-17)13-34(30,31)32/h5-11,14,16H,1-4,12-13H2,(H,27,28)(H4,24,25,26)(H,30,31,32). The van der Waals surface area contributed by atoms with E-state index in [1.807, 2.05) is 0 Å². The Labute approximate surface area is 197 Å². The van der Waals surface area contributed by atoms with Crippen molar-refractivity contribution in [1.82, 2.24) is 0 Å². The maximum atomic E-state index is 12.5. The second-order valence-corrected chi connectivity index (χ2v) is 9.78. The van der Waals surface area contributed by atoms with Crippen LogP contribution in [0.4, 0.5) is 0 Å². The Balaban J connectivity index is 1.65. The number of carbonyl (C=O) groups excluding carboxylic acids is 1. The lowest BCUT2D eigenvalue weighted by Crippen LogP contribution is -2.28. The minimum atomic E-state index is -4.41. The van der Waals surface area contributed by atoms with E-state index in [2.05, 4.69) is 4.99 Å². The van der Waals surface area contributed by atoms with Crippen LogP contribution in [0, 0.1) is 11.8 Å². The summed E-state index contributed by atoms with van der Waals surface area (Å²) in [5, 5.41) is 9.27. The number of hydrogen-bond donors (Lipinski definition) is 4. The Morgan fingerprint density at radius 3 is 2.18 bits per heavy atom. The number of ether oxygens (including phenoxy) is 1. The number of nitrogens with two attached hydrogens (primary N) is 2. The summed E-state index contributed by atoms with van der Waals surface area (Å²) in [6.07, 6.45) is 3.09. The number of rotatable bonds is 8. The van der Waals surface area contributed by atoms with Crippen molar-refractivity contribution in [2.24, 2.45) is 28.3 Å². The van der Waals surface area contributed by atoms with Crippen molar-refractivity contribution in [3.05, 3.63) is 53.6 Å². The first-order valence-electron chi connectivity index (χ1n) is 10.7. The maximum absolute atomic E-state index is 12.5. The number of aliphatic imine (C=N–C) groups is 1. The SMILES string of the molecule is NC(N)=NCC1CCC(C(=O)Oc2ccc(-c3ccc(C(=O)O)c(CS(=O)(=O)O)c3)cc2)CC1. The summed E-state index contributed by atoms with van der Waals surface area (Å²) in [5.74, 6) is -1.81. The molecule has 0 atom stereocenters. The van der Waals surface area contributed by atoms with Crippen molar-refractivity contribution in [1.29, 1.82) is 0 Å². The number of carboxylic acids is 1. The number of aromatic carboxylic acids is 1. The fourth-order valence-corrected chi connectivity index (χ4v) is 4.66. The van der Waals surface area contributed by atoms with Gasteiger partial charge in [-0.1, -0.05) is 18.2 Å². The van der Waals surface area contributed by atoms with Crippen LogP contribution in [0.3, 0.4) is 0 Å². The zero-order valence-corrected chi connectivity index (χ0v) is 19.2. The van der Waals surface area contributed by atoms with E-state index in [4.69, 9.17) is 20.8 Å². The molecule has 1 aliphatic rings. The van der Waals surface area contributed by atoms with Gasteiger partial charge in [0.05, 0.1) is 11.5 Å². The highest BCUT2D eigenvalue weighted by molar-refractivity contribution is 7.85. The highest BCUT2D eigenvalue weighted by Crippen LogP contribution is 2.31. The Kier molecular flexibility index (Phi) is 7.90. The number of esters is 1. The molecule has 0 amide bonds. The minimum absolute atomic E-state index is 0.0292. The minimum Gasteiger partial charge on any atom is -0.478 e. The lowest BCUT2D eigenvalue weighted by molar-refractivity contribution is -0.140. The van der Waals surface area contributed by atoms with Crippen LogP contribution in [-0.2, 0) is 20.7 Å². The molecular formula is C23H27N3O7S. The van der Waals surface area contributed by atoms with Crippen LogP contribution >= 0.6 is 0 Å². The number of carboxylic acid groups (broad SMARTS) is 1. The van der Waals surface area contributed by atoms with Crippen molar-refractivity contribution in [2.75, 3.05) is 6.54 Å².